The smallest absolute Gasteiger partial charge is 0.322 e. The van der Waals surface area contributed by atoms with Gasteiger partial charge in [0, 0.05) is 30.4 Å². The third-order valence-corrected chi connectivity index (χ3v) is 4.99. The van der Waals surface area contributed by atoms with Gasteiger partial charge in [-0.15, -0.1) is 0 Å². The summed E-state index contributed by atoms with van der Waals surface area (Å²) in [5.74, 6) is 1.12. The predicted molar refractivity (Wildman–Crippen MR) is 109 cm³/mol. The van der Waals surface area contributed by atoms with E-state index in [2.05, 4.69) is 10.4 Å². The molecule has 1 aliphatic heterocycles. The summed E-state index contributed by atoms with van der Waals surface area (Å²) in [7, 11) is 3.10. The van der Waals surface area contributed by atoms with Crippen molar-refractivity contribution in [1.82, 2.24) is 14.7 Å². The van der Waals surface area contributed by atoms with Gasteiger partial charge >= 0.3 is 6.03 Å². The third kappa shape index (κ3) is 3.56. The number of benzene rings is 2. The number of hydrogen-bond donors (Lipinski definition) is 2. The Labute approximate surface area is 167 Å². The molecule has 0 saturated heterocycles. The Morgan fingerprint density at radius 1 is 1.07 bits per heavy atom. The van der Waals surface area contributed by atoms with Gasteiger partial charge in [-0.1, -0.05) is 18.2 Å². The van der Waals surface area contributed by atoms with Crippen molar-refractivity contribution in [3.05, 3.63) is 70.1 Å². The van der Waals surface area contributed by atoms with Gasteiger partial charge in [0.05, 0.1) is 32.0 Å². The average molecular weight is 394 g/mol. The number of urea groups is 1. The van der Waals surface area contributed by atoms with Gasteiger partial charge in [0.2, 0.25) is 0 Å². The molecule has 0 atom stereocenters. The molecule has 2 amide bonds. The van der Waals surface area contributed by atoms with Crippen LogP contribution in [0.4, 0.5) is 10.5 Å². The van der Waals surface area contributed by atoms with E-state index in [1.165, 1.54) is 4.68 Å². The fourth-order valence-electron chi connectivity index (χ4n) is 3.45. The summed E-state index contributed by atoms with van der Waals surface area (Å²) < 4.78 is 12.0. The predicted octanol–water partition coefficient (Wildman–Crippen LogP) is 2.77. The van der Waals surface area contributed by atoms with Crippen LogP contribution >= 0.6 is 0 Å². The number of rotatable bonds is 4. The Morgan fingerprint density at radius 2 is 1.83 bits per heavy atom. The minimum Gasteiger partial charge on any atom is -0.493 e. The first-order valence-corrected chi connectivity index (χ1v) is 9.27. The molecule has 150 valence electrons. The molecule has 0 aliphatic carbocycles. The van der Waals surface area contributed by atoms with Crippen molar-refractivity contribution >= 4 is 11.7 Å². The highest BCUT2D eigenvalue weighted by Gasteiger charge is 2.26. The number of carbonyl (C=O) groups is 1. The van der Waals surface area contributed by atoms with Crippen LogP contribution in [0.5, 0.6) is 11.5 Å². The summed E-state index contributed by atoms with van der Waals surface area (Å²) >= 11 is 0. The molecule has 2 N–H and O–H groups in total. The summed E-state index contributed by atoms with van der Waals surface area (Å²) in [6.45, 7) is 0.768. The molecular weight excluding hydrogens is 372 g/mol. The number of H-pyrrole nitrogens is 1. The second-order valence-corrected chi connectivity index (χ2v) is 6.72. The SMILES string of the molecule is COc1ccc(NC(=O)N2CCc3[nH]n(-c4ccccc4)c(=O)c3C2)cc1OC. The lowest BCUT2D eigenvalue weighted by molar-refractivity contribution is 0.206. The molecule has 2 aromatic carbocycles. The highest BCUT2D eigenvalue weighted by molar-refractivity contribution is 5.89. The van der Waals surface area contributed by atoms with Crippen LogP contribution in [0.2, 0.25) is 0 Å². The van der Waals surface area contributed by atoms with Gasteiger partial charge in [0.25, 0.3) is 5.56 Å². The van der Waals surface area contributed by atoms with Crippen LogP contribution in [0.3, 0.4) is 0 Å². The molecule has 4 rings (SSSR count). The number of amides is 2. The molecule has 2 heterocycles. The van der Waals surface area contributed by atoms with Crippen molar-refractivity contribution in [2.75, 3.05) is 26.1 Å². The topological polar surface area (TPSA) is 88.6 Å². The van der Waals surface area contributed by atoms with Gasteiger partial charge in [-0.25, -0.2) is 9.48 Å². The Bertz CT molecular complexity index is 1090. The third-order valence-electron chi connectivity index (χ3n) is 4.99. The van der Waals surface area contributed by atoms with Crippen LogP contribution < -0.4 is 20.3 Å². The first kappa shape index (κ1) is 18.7. The van der Waals surface area contributed by atoms with Gasteiger partial charge in [-0.2, -0.15) is 0 Å². The van der Waals surface area contributed by atoms with E-state index in [0.717, 1.165) is 11.4 Å². The first-order valence-electron chi connectivity index (χ1n) is 9.27. The number of aromatic nitrogens is 2. The maximum absolute atomic E-state index is 12.8. The average Bonchev–Trinajstić information content (AvgIpc) is 3.10. The molecule has 3 aromatic rings. The van der Waals surface area contributed by atoms with E-state index >= 15 is 0 Å². The monoisotopic (exact) mass is 394 g/mol. The van der Waals surface area contributed by atoms with E-state index in [4.69, 9.17) is 9.47 Å². The van der Waals surface area contributed by atoms with Crippen LogP contribution in [0.1, 0.15) is 11.3 Å². The van der Waals surface area contributed by atoms with E-state index < -0.39 is 0 Å². The van der Waals surface area contributed by atoms with Crippen molar-refractivity contribution < 1.29 is 14.3 Å². The summed E-state index contributed by atoms with van der Waals surface area (Å²) in [5, 5.41) is 6.03. The number of ether oxygens (including phenoxy) is 2. The second-order valence-electron chi connectivity index (χ2n) is 6.72. The van der Waals surface area contributed by atoms with Crippen molar-refractivity contribution in [2.24, 2.45) is 0 Å². The zero-order chi connectivity index (χ0) is 20.4. The highest BCUT2D eigenvalue weighted by Crippen LogP contribution is 2.30. The molecule has 0 unspecified atom stereocenters. The lowest BCUT2D eigenvalue weighted by Crippen LogP contribution is -2.40. The maximum Gasteiger partial charge on any atom is 0.322 e. The number of para-hydroxylation sites is 1. The summed E-state index contributed by atoms with van der Waals surface area (Å²) in [4.78, 5) is 27.2. The molecule has 0 radical (unpaired) electrons. The lowest BCUT2D eigenvalue weighted by atomic mass is 10.1. The van der Waals surface area contributed by atoms with Crippen molar-refractivity contribution in [1.29, 1.82) is 0 Å². The second kappa shape index (κ2) is 7.75. The molecular formula is C21H22N4O4. The molecule has 0 spiro atoms. The van der Waals surface area contributed by atoms with Gasteiger partial charge in [-0.05, 0) is 24.3 Å². The van der Waals surface area contributed by atoms with Gasteiger partial charge in [0.1, 0.15) is 0 Å². The number of hydrogen-bond acceptors (Lipinski definition) is 4. The van der Waals surface area contributed by atoms with E-state index in [0.29, 0.717) is 35.7 Å². The van der Waals surface area contributed by atoms with Crippen molar-refractivity contribution in [3.63, 3.8) is 0 Å². The summed E-state index contributed by atoms with van der Waals surface area (Å²) in [5.41, 5.74) is 2.72. The lowest BCUT2D eigenvalue weighted by Gasteiger charge is -2.26. The van der Waals surface area contributed by atoms with Crippen molar-refractivity contribution in [3.8, 4) is 17.2 Å². The van der Waals surface area contributed by atoms with E-state index in [1.54, 1.807) is 37.3 Å². The highest BCUT2D eigenvalue weighted by atomic mass is 16.5. The minimum absolute atomic E-state index is 0.130. The van der Waals surface area contributed by atoms with Crippen LogP contribution in [-0.4, -0.2) is 41.5 Å². The Hall–Kier alpha value is -3.68. The number of methoxy groups -OCH3 is 2. The summed E-state index contributed by atoms with van der Waals surface area (Å²) in [6.07, 6.45) is 0.587. The Balaban J connectivity index is 1.52. The van der Waals surface area contributed by atoms with Crippen molar-refractivity contribution in [2.45, 2.75) is 13.0 Å². The Morgan fingerprint density at radius 3 is 2.55 bits per heavy atom. The number of nitrogens with zero attached hydrogens (tertiary/aromatic N) is 2. The van der Waals surface area contributed by atoms with Gasteiger partial charge in [0.15, 0.2) is 11.5 Å². The molecule has 0 bridgehead atoms. The van der Waals surface area contributed by atoms with E-state index in [1.807, 2.05) is 30.3 Å². The fourth-order valence-corrected chi connectivity index (χ4v) is 3.45. The van der Waals surface area contributed by atoms with Crippen LogP contribution in [-0.2, 0) is 13.0 Å². The Kier molecular flexibility index (Phi) is 4.99. The molecule has 1 aromatic heterocycles. The number of carbonyl (C=O) groups excluding carboxylic acids is 1. The largest absolute Gasteiger partial charge is 0.493 e. The zero-order valence-corrected chi connectivity index (χ0v) is 16.3. The normalized spacial score (nSPS) is 13.0. The first-order chi connectivity index (χ1) is 14.1. The molecule has 1 aliphatic rings. The van der Waals surface area contributed by atoms with Crippen LogP contribution in [0.25, 0.3) is 5.69 Å². The number of fused-ring (bicyclic) bond motifs is 1. The molecule has 0 saturated carbocycles. The van der Waals surface area contributed by atoms with Gasteiger partial charge < -0.3 is 19.7 Å². The molecule has 8 nitrogen and oxygen atoms in total. The van der Waals surface area contributed by atoms with Gasteiger partial charge in [-0.3, -0.25) is 9.89 Å². The number of nitrogens with one attached hydrogen (secondary N) is 2. The molecule has 0 fully saturated rings. The number of aromatic amines is 1. The zero-order valence-electron chi connectivity index (χ0n) is 16.3. The van der Waals surface area contributed by atoms with Crippen LogP contribution in [0.15, 0.2) is 53.3 Å². The fraction of sp³-hybridized carbons (Fsp3) is 0.238. The minimum atomic E-state index is -0.269. The van der Waals surface area contributed by atoms with E-state index in [9.17, 15) is 9.59 Å². The quantitative estimate of drug-likeness (QED) is 0.712. The maximum atomic E-state index is 12.8. The standard InChI is InChI=1S/C21H22N4O4/c1-28-18-9-8-14(12-19(18)29-2)22-21(27)24-11-10-17-16(13-24)20(26)25(23-17)15-6-4-3-5-7-15/h3-9,12,23H,10-11,13H2,1-2H3,(H,22,27). The summed E-state index contributed by atoms with van der Waals surface area (Å²) in [6, 6.07) is 14.3. The van der Waals surface area contributed by atoms with Crippen LogP contribution in [0, 0.1) is 0 Å². The molecule has 8 heteroatoms. The number of anilines is 1. The molecule has 29 heavy (non-hydrogen) atoms. The van der Waals surface area contributed by atoms with E-state index in [-0.39, 0.29) is 18.1 Å².